The van der Waals surface area contributed by atoms with Crippen LogP contribution in [0.1, 0.15) is 56.1 Å². The number of carbonyl (C=O) groups excluding carboxylic acids is 1. The molecule has 5 heteroatoms. The molecule has 0 aliphatic rings. The zero-order chi connectivity index (χ0) is 15.2. The lowest BCUT2D eigenvalue weighted by atomic mass is 10.0. The average molecular weight is 299 g/mol. The van der Waals surface area contributed by atoms with Crippen molar-refractivity contribution < 1.29 is 9.90 Å². The molecular weight excluding hydrogens is 276 g/mol. The fourth-order valence-corrected chi connectivity index (χ4v) is 2.29. The van der Waals surface area contributed by atoms with Gasteiger partial charge in [0, 0.05) is 17.8 Å². The normalized spacial score (nSPS) is 13.8. The molecule has 0 aliphatic carbocycles. The Hall–Kier alpha value is -1.13. The van der Waals surface area contributed by atoms with E-state index in [1.165, 1.54) is 0 Å². The molecule has 112 valence electrons. The van der Waals surface area contributed by atoms with Gasteiger partial charge >= 0.3 is 0 Å². The van der Waals surface area contributed by atoms with Crippen molar-refractivity contribution in [1.29, 1.82) is 0 Å². The van der Waals surface area contributed by atoms with Crippen molar-refractivity contribution in [3.63, 3.8) is 0 Å². The number of aromatic nitrogens is 1. The maximum absolute atomic E-state index is 12.1. The van der Waals surface area contributed by atoms with Crippen LogP contribution in [-0.2, 0) is 6.42 Å². The first-order chi connectivity index (χ1) is 9.38. The van der Waals surface area contributed by atoms with Crippen LogP contribution in [0.15, 0.2) is 12.1 Å². The van der Waals surface area contributed by atoms with E-state index in [-0.39, 0.29) is 12.5 Å². The zero-order valence-corrected chi connectivity index (χ0v) is 13.1. The highest BCUT2D eigenvalue weighted by Crippen LogP contribution is 2.14. The lowest BCUT2D eigenvalue weighted by Gasteiger charge is -2.23. The third-order valence-electron chi connectivity index (χ3n) is 3.03. The number of hydrogen-bond donors (Lipinski definition) is 2. The van der Waals surface area contributed by atoms with Crippen molar-refractivity contribution in [2.45, 2.75) is 52.1 Å². The number of hydrogen-bond acceptors (Lipinski definition) is 3. The number of amides is 1. The summed E-state index contributed by atoms with van der Waals surface area (Å²) in [6, 6.07) is 3.30. The SMILES string of the molecule is CCCc1cc(C(=O)NCC(C)(O)CCC)cc(Cl)n1. The predicted molar refractivity (Wildman–Crippen MR) is 81.1 cm³/mol. The second-order valence-electron chi connectivity index (χ2n) is 5.35. The maximum atomic E-state index is 12.1. The molecule has 0 saturated carbocycles. The van der Waals surface area contributed by atoms with Gasteiger partial charge in [0.25, 0.3) is 5.91 Å². The Balaban J connectivity index is 2.72. The Bertz CT molecular complexity index is 461. The number of rotatable bonds is 7. The minimum Gasteiger partial charge on any atom is -0.388 e. The molecule has 1 rings (SSSR count). The Morgan fingerprint density at radius 2 is 2.10 bits per heavy atom. The first-order valence-corrected chi connectivity index (χ1v) is 7.43. The van der Waals surface area contributed by atoms with Crippen LogP contribution in [0.2, 0.25) is 5.15 Å². The van der Waals surface area contributed by atoms with Crippen molar-refractivity contribution in [2.24, 2.45) is 0 Å². The fourth-order valence-electron chi connectivity index (χ4n) is 2.07. The van der Waals surface area contributed by atoms with E-state index in [4.69, 9.17) is 11.6 Å². The Labute approximate surface area is 125 Å². The Kier molecular flexibility index (Phi) is 6.43. The quantitative estimate of drug-likeness (QED) is 0.761. The number of pyridine rings is 1. The summed E-state index contributed by atoms with van der Waals surface area (Å²) in [7, 11) is 0. The summed E-state index contributed by atoms with van der Waals surface area (Å²) in [4.78, 5) is 16.3. The van der Waals surface area contributed by atoms with Gasteiger partial charge in [-0.05, 0) is 31.9 Å². The molecule has 0 saturated heterocycles. The van der Waals surface area contributed by atoms with Crippen LogP contribution in [0.3, 0.4) is 0 Å². The number of aliphatic hydroxyl groups is 1. The van der Waals surface area contributed by atoms with Gasteiger partial charge in [-0.25, -0.2) is 4.98 Å². The number of nitrogens with zero attached hydrogens (tertiary/aromatic N) is 1. The highest BCUT2D eigenvalue weighted by molar-refractivity contribution is 6.29. The second-order valence-corrected chi connectivity index (χ2v) is 5.74. The molecule has 0 radical (unpaired) electrons. The minimum absolute atomic E-state index is 0.225. The van der Waals surface area contributed by atoms with E-state index >= 15 is 0 Å². The van der Waals surface area contributed by atoms with E-state index in [9.17, 15) is 9.90 Å². The van der Waals surface area contributed by atoms with Crippen LogP contribution < -0.4 is 5.32 Å². The monoisotopic (exact) mass is 298 g/mol. The highest BCUT2D eigenvalue weighted by atomic mass is 35.5. The number of nitrogens with one attached hydrogen (secondary N) is 1. The standard InChI is InChI=1S/C15H23ClN2O2/c1-4-6-12-8-11(9-13(16)18-12)14(19)17-10-15(3,20)7-5-2/h8-9,20H,4-7,10H2,1-3H3,(H,17,19). The van der Waals surface area contributed by atoms with E-state index in [1.54, 1.807) is 19.1 Å². The van der Waals surface area contributed by atoms with Crippen LogP contribution in [0, 0.1) is 0 Å². The molecule has 20 heavy (non-hydrogen) atoms. The average Bonchev–Trinajstić information content (AvgIpc) is 2.35. The van der Waals surface area contributed by atoms with Gasteiger partial charge < -0.3 is 10.4 Å². The minimum atomic E-state index is -0.881. The lowest BCUT2D eigenvalue weighted by molar-refractivity contribution is 0.0469. The molecule has 1 amide bonds. The summed E-state index contributed by atoms with van der Waals surface area (Å²) < 4.78 is 0. The van der Waals surface area contributed by atoms with Gasteiger partial charge in [-0.1, -0.05) is 38.3 Å². The summed E-state index contributed by atoms with van der Waals surface area (Å²) in [6.45, 7) is 5.99. The maximum Gasteiger partial charge on any atom is 0.251 e. The summed E-state index contributed by atoms with van der Waals surface area (Å²) in [6.07, 6.45) is 3.24. The van der Waals surface area contributed by atoms with Crippen molar-refractivity contribution in [3.05, 3.63) is 28.5 Å². The summed E-state index contributed by atoms with van der Waals surface area (Å²) in [5.74, 6) is -0.233. The number of carbonyl (C=O) groups is 1. The van der Waals surface area contributed by atoms with E-state index in [1.807, 2.05) is 13.8 Å². The summed E-state index contributed by atoms with van der Waals surface area (Å²) in [5.41, 5.74) is 0.416. The Morgan fingerprint density at radius 3 is 2.70 bits per heavy atom. The predicted octanol–water partition coefficient (Wildman–Crippen LogP) is 2.97. The smallest absolute Gasteiger partial charge is 0.251 e. The zero-order valence-electron chi connectivity index (χ0n) is 12.4. The van der Waals surface area contributed by atoms with E-state index < -0.39 is 5.60 Å². The molecule has 1 atom stereocenters. The molecule has 0 bridgehead atoms. The number of halogens is 1. The van der Waals surface area contributed by atoms with E-state index in [0.29, 0.717) is 17.1 Å². The van der Waals surface area contributed by atoms with Crippen molar-refractivity contribution in [2.75, 3.05) is 6.54 Å². The Morgan fingerprint density at radius 1 is 1.40 bits per heavy atom. The van der Waals surface area contributed by atoms with Crippen LogP contribution in [0.25, 0.3) is 0 Å². The van der Waals surface area contributed by atoms with Gasteiger partial charge in [-0.15, -0.1) is 0 Å². The third-order valence-corrected chi connectivity index (χ3v) is 3.23. The fraction of sp³-hybridized carbons (Fsp3) is 0.600. The van der Waals surface area contributed by atoms with Crippen molar-refractivity contribution in [1.82, 2.24) is 10.3 Å². The topological polar surface area (TPSA) is 62.2 Å². The first kappa shape index (κ1) is 16.9. The van der Waals surface area contributed by atoms with Gasteiger partial charge in [-0.3, -0.25) is 4.79 Å². The molecule has 0 fully saturated rings. The summed E-state index contributed by atoms with van der Waals surface area (Å²) in [5, 5.41) is 13.1. The van der Waals surface area contributed by atoms with E-state index in [2.05, 4.69) is 10.3 Å². The molecule has 0 aromatic carbocycles. The largest absolute Gasteiger partial charge is 0.388 e. The second kappa shape index (κ2) is 7.60. The van der Waals surface area contributed by atoms with Gasteiger partial charge in [0.2, 0.25) is 0 Å². The van der Waals surface area contributed by atoms with Crippen LogP contribution in [0.4, 0.5) is 0 Å². The van der Waals surface area contributed by atoms with Gasteiger partial charge in [0.1, 0.15) is 5.15 Å². The molecule has 0 aliphatic heterocycles. The molecule has 0 spiro atoms. The van der Waals surface area contributed by atoms with Crippen molar-refractivity contribution in [3.8, 4) is 0 Å². The van der Waals surface area contributed by atoms with Crippen LogP contribution in [0.5, 0.6) is 0 Å². The molecule has 1 heterocycles. The molecular formula is C15H23ClN2O2. The lowest BCUT2D eigenvalue weighted by Crippen LogP contribution is -2.40. The highest BCUT2D eigenvalue weighted by Gasteiger charge is 2.20. The third kappa shape index (κ3) is 5.47. The van der Waals surface area contributed by atoms with E-state index in [0.717, 1.165) is 25.0 Å². The molecule has 2 N–H and O–H groups in total. The molecule has 4 nitrogen and oxygen atoms in total. The van der Waals surface area contributed by atoms with Gasteiger partial charge in [-0.2, -0.15) is 0 Å². The van der Waals surface area contributed by atoms with Crippen LogP contribution >= 0.6 is 11.6 Å². The van der Waals surface area contributed by atoms with Gasteiger partial charge in [0.15, 0.2) is 0 Å². The molecule has 1 aromatic heterocycles. The molecule has 1 aromatic rings. The van der Waals surface area contributed by atoms with Crippen molar-refractivity contribution >= 4 is 17.5 Å². The number of aryl methyl sites for hydroxylation is 1. The first-order valence-electron chi connectivity index (χ1n) is 7.05. The molecule has 1 unspecified atom stereocenters. The van der Waals surface area contributed by atoms with Gasteiger partial charge in [0.05, 0.1) is 5.60 Å². The van der Waals surface area contributed by atoms with Crippen LogP contribution in [-0.4, -0.2) is 28.1 Å². The summed E-state index contributed by atoms with van der Waals surface area (Å²) >= 11 is 5.93.